The summed E-state index contributed by atoms with van der Waals surface area (Å²) in [6.45, 7) is 0.386. The van der Waals surface area contributed by atoms with Crippen molar-refractivity contribution < 1.29 is 18.8 Å². The van der Waals surface area contributed by atoms with Gasteiger partial charge in [-0.05, 0) is 54.1 Å². The van der Waals surface area contributed by atoms with Crippen LogP contribution in [-0.2, 0) is 6.42 Å². The highest BCUT2D eigenvalue weighted by atomic mass is 19.1. The largest absolute Gasteiger partial charge is 0.493 e. The molecule has 5 aromatic rings. The first kappa shape index (κ1) is 18.9. The van der Waals surface area contributed by atoms with Crippen LogP contribution < -0.4 is 10.1 Å². The summed E-state index contributed by atoms with van der Waals surface area (Å²) >= 11 is 0. The molecule has 0 amide bonds. The fourth-order valence-corrected chi connectivity index (χ4v) is 3.50. The van der Waals surface area contributed by atoms with E-state index < -0.39 is 0 Å². The summed E-state index contributed by atoms with van der Waals surface area (Å²) in [7, 11) is 0. The van der Waals surface area contributed by atoms with E-state index in [2.05, 4.69) is 10.1 Å². The van der Waals surface area contributed by atoms with Crippen molar-refractivity contribution in [3.8, 4) is 17.2 Å². The van der Waals surface area contributed by atoms with Crippen molar-refractivity contribution in [3.63, 3.8) is 0 Å². The SMILES string of the molecule is O/N=c1\cc(-c2cc3cccn3cn2)oc2ccc(OCCc3cccc(F)c3)cc12. The van der Waals surface area contributed by atoms with Crippen LogP contribution in [0.5, 0.6) is 5.75 Å². The summed E-state index contributed by atoms with van der Waals surface area (Å²) in [4.78, 5) is 4.42. The van der Waals surface area contributed by atoms with Crippen LogP contribution in [-0.4, -0.2) is 21.2 Å². The van der Waals surface area contributed by atoms with Crippen LogP contribution in [0.15, 0.2) is 88.8 Å². The van der Waals surface area contributed by atoms with Gasteiger partial charge in [0.05, 0.1) is 18.3 Å². The molecule has 0 atom stereocenters. The lowest BCUT2D eigenvalue weighted by Crippen LogP contribution is -2.06. The predicted molar refractivity (Wildman–Crippen MR) is 113 cm³/mol. The third-order valence-electron chi connectivity index (χ3n) is 5.04. The van der Waals surface area contributed by atoms with E-state index in [4.69, 9.17) is 9.15 Å². The standard InChI is InChI=1S/C24H18FN3O3/c25-17-4-1-3-16(11-17)8-10-30-19-6-7-23-20(13-19)21(27-29)14-24(31-23)22-12-18-5-2-9-28(18)15-26-22/h1-7,9,11-15,29H,8,10H2/b27-21+. The van der Waals surface area contributed by atoms with Gasteiger partial charge in [-0.3, -0.25) is 0 Å². The minimum atomic E-state index is -0.263. The van der Waals surface area contributed by atoms with Gasteiger partial charge in [-0.2, -0.15) is 0 Å². The number of rotatable bonds is 5. The van der Waals surface area contributed by atoms with Crippen molar-refractivity contribution in [1.29, 1.82) is 0 Å². The Hall–Kier alpha value is -4.13. The molecule has 31 heavy (non-hydrogen) atoms. The Balaban J connectivity index is 1.43. The molecule has 0 bridgehead atoms. The van der Waals surface area contributed by atoms with Crippen molar-refractivity contribution >= 4 is 16.5 Å². The third-order valence-corrected chi connectivity index (χ3v) is 5.04. The van der Waals surface area contributed by atoms with E-state index in [9.17, 15) is 9.60 Å². The summed E-state index contributed by atoms with van der Waals surface area (Å²) in [6, 6.07) is 19.2. The lowest BCUT2D eigenvalue weighted by molar-refractivity contribution is 0.302. The van der Waals surface area contributed by atoms with Crippen LogP contribution in [0.1, 0.15) is 5.56 Å². The minimum absolute atomic E-state index is 0.263. The first-order valence-electron chi connectivity index (χ1n) is 9.76. The fourth-order valence-electron chi connectivity index (χ4n) is 3.50. The van der Waals surface area contributed by atoms with Gasteiger partial charge in [0.1, 0.15) is 28.2 Å². The van der Waals surface area contributed by atoms with E-state index in [1.807, 2.05) is 34.9 Å². The van der Waals surface area contributed by atoms with E-state index in [1.165, 1.54) is 12.1 Å². The summed E-state index contributed by atoms with van der Waals surface area (Å²) in [5.74, 6) is 0.827. The van der Waals surface area contributed by atoms with Gasteiger partial charge in [-0.25, -0.2) is 9.37 Å². The quantitative estimate of drug-likeness (QED) is 0.331. The smallest absolute Gasteiger partial charge is 0.155 e. The topological polar surface area (TPSA) is 72.3 Å². The molecule has 0 unspecified atom stereocenters. The zero-order chi connectivity index (χ0) is 21.2. The van der Waals surface area contributed by atoms with Gasteiger partial charge in [-0.15, -0.1) is 0 Å². The number of ether oxygens (including phenoxy) is 1. The van der Waals surface area contributed by atoms with E-state index in [-0.39, 0.29) is 5.82 Å². The van der Waals surface area contributed by atoms with Crippen molar-refractivity contribution in [1.82, 2.24) is 9.38 Å². The monoisotopic (exact) mass is 415 g/mol. The van der Waals surface area contributed by atoms with Crippen LogP contribution in [0.3, 0.4) is 0 Å². The number of hydrogen-bond acceptors (Lipinski definition) is 5. The maximum Gasteiger partial charge on any atom is 0.155 e. The van der Waals surface area contributed by atoms with Crippen molar-refractivity contribution in [2.24, 2.45) is 5.16 Å². The second-order valence-electron chi connectivity index (χ2n) is 7.10. The lowest BCUT2D eigenvalue weighted by Gasteiger charge is -2.09. The summed E-state index contributed by atoms with van der Waals surface area (Å²) in [6.07, 6.45) is 4.19. The predicted octanol–water partition coefficient (Wildman–Crippen LogP) is 4.80. The molecule has 0 aliphatic carbocycles. The molecule has 2 aromatic carbocycles. The van der Waals surface area contributed by atoms with Crippen molar-refractivity contribution in [3.05, 3.63) is 96.0 Å². The normalized spacial score (nSPS) is 12.0. The number of fused-ring (bicyclic) bond motifs is 2. The zero-order valence-electron chi connectivity index (χ0n) is 16.4. The maximum atomic E-state index is 13.3. The van der Waals surface area contributed by atoms with Crippen molar-refractivity contribution in [2.75, 3.05) is 6.61 Å². The van der Waals surface area contributed by atoms with Crippen LogP contribution in [0, 0.1) is 5.82 Å². The Morgan fingerprint density at radius 2 is 2.00 bits per heavy atom. The average Bonchev–Trinajstić information content (AvgIpc) is 3.26. The second-order valence-corrected chi connectivity index (χ2v) is 7.10. The number of hydrogen-bond donors (Lipinski definition) is 1. The van der Waals surface area contributed by atoms with Gasteiger partial charge < -0.3 is 18.8 Å². The number of nitrogens with zero attached hydrogens (tertiary/aromatic N) is 3. The molecular weight excluding hydrogens is 397 g/mol. The van der Waals surface area contributed by atoms with Crippen LogP contribution in [0.25, 0.3) is 27.9 Å². The molecule has 6 nitrogen and oxygen atoms in total. The molecule has 0 fully saturated rings. The van der Waals surface area contributed by atoms with E-state index in [0.717, 1.165) is 11.1 Å². The van der Waals surface area contributed by atoms with Gasteiger partial charge in [0, 0.05) is 24.2 Å². The average molecular weight is 415 g/mol. The summed E-state index contributed by atoms with van der Waals surface area (Å²) in [5, 5.41) is 14.0. The number of aromatic nitrogens is 2. The van der Waals surface area contributed by atoms with Crippen LogP contribution in [0.4, 0.5) is 4.39 Å². The number of benzene rings is 2. The minimum Gasteiger partial charge on any atom is -0.493 e. The lowest BCUT2D eigenvalue weighted by atomic mass is 10.1. The molecule has 7 heteroatoms. The molecule has 0 saturated carbocycles. The molecule has 0 radical (unpaired) electrons. The highest BCUT2D eigenvalue weighted by molar-refractivity contribution is 5.80. The molecule has 0 saturated heterocycles. The molecule has 3 aromatic heterocycles. The van der Waals surface area contributed by atoms with Gasteiger partial charge in [-0.1, -0.05) is 17.3 Å². The van der Waals surface area contributed by atoms with E-state index in [1.54, 1.807) is 36.7 Å². The van der Waals surface area contributed by atoms with E-state index in [0.29, 0.717) is 46.6 Å². The Bertz CT molecular complexity index is 1460. The summed E-state index contributed by atoms with van der Waals surface area (Å²) in [5.41, 5.74) is 3.01. The van der Waals surface area contributed by atoms with Gasteiger partial charge in [0.2, 0.25) is 0 Å². The van der Waals surface area contributed by atoms with Gasteiger partial charge in [0.15, 0.2) is 5.76 Å². The third kappa shape index (κ3) is 3.85. The molecule has 0 spiro atoms. The maximum absolute atomic E-state index is 13.3. The Morgan fingerprint density at radius 1 is 1.06 bits per heavy atom. The molecule has 3 heterocycles. The Labute approximate surface area is 176 Å². The zero-order valence-corrected chi connectivity index (χ0v) is 16.4. The molecule has 154 valence electrons. The van der Waals surface area contributed by atoms with E-state index >= 15 is 0 Å². The highest BCUT2D eigenvalue weighted by Gasteiger charge is 2.10. The van der Waals surface area contributed by atoms with Crippen molar-refractivity contribution in [2.45, 2.75) is 6.42 Å². The van der Waals surface area contributed by atoms with Crippen LogP contribution in [0.2, 0.25) is 0 Å². The molecular formula is C24H18FN3O3. The molecule has 1 N–H and O–H groups in total. The van der Waals surface area contributed by atoms with Gasteiger partial charge >= 0.3 is 0 Å². The highest BCUT2D eigenvalue weighted by Crippen LogP contribution is 2.24. The fraction of sp³-hybridized carbons (Fsp3) is 0.0833. The molecule has 0 aliphatic rings. The Kier molecular flexibility index (Phi) is 4.84. The van der Waals surface area contributed by atoms with Crippen LogP contribution >= 0.6 is 0 Å². The second kappa shape index (κ2) is 7.95. The molecule has 5 rings (SSSR count). The number of halogens is 1. The molecule has 0 aliphatic heterocycles. The Morgan fingerprint density at radius 3 is 2.87 bits per heavy atom. The summed E-state index contributed by atoms with van der Waals surface area (Å²) < 4.78 is 27.0. The van der Waals surface area contributed by atoms with Gasteiger partial charge in [0.25, 0.3) is 0 Å². The first-order chi connectivity index (χ1) is 15.2. The first-order valence-corrected chi connectivity index (χ1v) is 9.76.